The number of allylic oxidation sites excluding steroid dienone is 1. The highest BCUT2D eigenvalue weighted by Crippen LogP contribution is 2.01. The Morgan fingerprint density at radius 3 is 2.85 bits per heavy atom. The van der Waals surface area contributed by atoms with E-state index in [1.54, 1.807) is 12.3 Å². The van der Waals surface area contributed by atoms with Crippen molar-refractivity contribution in [1.29, 1.82) is 0 Å². The van der Waals surface area contributed by atoms with Crippen molar-refractivity contribution in [3.05, 3.63) is 55.0 Å². The molecule has 1 aromatic rings. The molecule has 0 bridgehead atoms. The van der Waals surface area contributed by atoms with Crippen LogP contribution in [0.5, 0.6) is 0 Å². The Balaban J connectivity index is 2.91. The minimum Gasteiger partial charge on any atom is -0.255 e. The Hall–Kier alpha value is -1.70. The number of aliphatic imine (C=N–C) groups is 1. The van der Waals surface area contributed by atoms with Crippen LogP contribution in [0.4, 0.5) is 0 Å². The molecule has 0 aliphatic carbocycles. The summed E-state index contributed by atoms with van der Waals surface area (Å²) in [5.41, 5.74) is 2.37. The van der Waals surface area contributed by atoms with Crippen LogP contribution in [0.1, 0.15) is 12.6 Å². The van der Waals surface area contributed by atoms with Gasteiger partial charge in [0.1, 0.15) is 0 Å². The lowest BCUT2D eigenvalue weighted by atomic mass is 10.2. The average molecular weight is 172 g/mol. The van der Waals surface area contributed by atoms with Crippen LogP contribution in [0, 0.1) is 0 Å². The molecular formula is C11H12N2. The molecule has 66 valence electrons. The zero-order chi connectivity index (χ0) is 9.68. The highest BCUT2D eigenvalue weighted by molar-refractivity contribution is 5.97. The monoisotopic (exact) mass is 172 g/mol. The van der Waals surface area contributed by atoms with Gasteiger partial charge in [0.05, 0.1) is 17.1 Å². The molecule has 0 aromatic carbocycles. The summed E-state index contributed by atoms with van der Waals surface area (Å²) in [4.78, 5) is 8.37. The maximum absolute atomic E-state index is 4.21. The van der Waals surface area contributed by atoms with Crippen molar-refractivity contribution in [3.63, 3.8) is 0 Å². The van der Waals surface area contributed by atoms with E-state index in [-0.39, 0.29) is 0 Å². The standard InChI is InChI=1S/C11H12N2/c1-4-9(2)13-10(3)11-7-5-6-8-12-11/h4-8H,1-2H2,3H3. The molecule has 0 spiro atoms. The highest BCUT2D eigenvalue weighted by atomic mass is 14.8. The van der Waals surface area contributed by atoms with Crippen LogP contribution in [-0.4, -0.2) is 10.7 Å². The Labute approximate surface area is 78.4 Å². The second-order valence-corrected chi connectivity index (χ2v) is 2.61. The van der Waals surface area contributed by atoms with Gasteiger partial charge in [0, 0.05) is 6.20 Å². The van der Waals surface area contributed by atoms with E-state index in [9.17, 15) is 0 Å². The Bertz CT molecular complexity index is 336. The fourth-order valence-corrected chi connectivity index (χ4v) is 0.895. The van der Waals surface area contributed by atoms with Crippen LogP contribution in [0.3, 0.4) is 0 Å². The van der Waals surface area contributed by atoms with E-state index >= 15 is 0 Å². The van der Waals surface area contributed by atoms with Crippen LogP contribution >= 0.6 is 0 Å². The second-order valence-electron chi connectivity index (χ2n) is 2.61. The number of rotatable bonds is 3. The quantitative estimate of drug-likeness (QED) is 0.508. The first-order valence-electron chi connectivity index (χ1n) is 4.02. The molecule has 13 heavy (non-hydrogen) atoms. The lowest BCUT2D eigenvalue weighted by molar-refractivity contribution is 1.27. The SMILES string of the molecule is C=CC(=C)N=C(C)c1ccccn1. The van der Waals surface area contributed by atoms with E-state index in [2.05, 4.69) is 23.1 Å². The van der Waals surface area contributed by atoms with Crippen molar-refractivity contribution in [1.82, 2.24) is 4.98 Å². The summed E-state index contributed by atoms with van der Waals surface area (Å²) in [6, 6.07) is 5.71. The molecule has 0 aliphatic heterocycles. The smallest absolute Gasteiger partial charge is 0.0841 e. The first kappa shape index (κ1) is 9.39. The second kappa shape index (κ2) is 4.36. The maximum Gasteiger partial charge on any atom is 0.0841 e. The Morgan fingerprint density at radius 2 is 2.31 bits per heavy atom. The lowest BCUT2D eigenvalue weighted by Crippen LogP contribution is -1.97. The largest absolute Gasteiger partial charge is 0.255 e. The molecule has 0 saturated carbocycles. The first-order valence-corrected chi connectivity index (χ1v) is 4.02. The fraction of sp³-hybridized carbons (Fsp3) is 0.0909. The molecule has 1 aromatic heterocycles. The van der Waals surface area contributed by atoms with Gasteiger partial charge in [-0.25, -0.2) is 0 Å². The van der Waals surface area contributed by atoms with Crippen molar-refractivity contribution in [3.8, 4) is 0 Å². The van der Waals surface area contributed by atoms with Crippen molar-refractivity contribution in [2.24, 2.45) is 4.99 Å². The third-order valence-corrected chi connectivity index (χ3v) is 1.58. The van der Waals surface area contributed by atoms with Crippen molar-refractivity contribution >= 4 is 5.71 Å². The van der Waals surface area contributed by atoms with Crippen LogP contribution in [0.25, 0.3) is 0 Å². The highest BCUT2D eigenvalue weighted by Gasteiger charge is 1.96. The number of hydrogen-bond donors (Lipinski definition) is 0. The predicted molar refractivity (Wildman–Crippen MR) is 55.8 cm³/mol. The molecule has 2 nitrogen and oxygen atoms in total. The minimum atomic E-state index is 0.656. The third kappa shape index (κ3) is 2.67. The van der Waals surface area contributed by atoms with Gasteiger partial charge in [-0.2, -0.15) is 0 Å². The summed E-state index contributed by atoms with van der Waals surface area (Å²) < 4.78 is 0. The van der Waals surface area contributed by atoms with Gasteiger partial charge >= 0.3 is 0 Å². The van der Waals surface area contributed by atoms with Gasteiger partial charge in [0.25, 0.3) is 0 Å². The average Bonchev–Trinajstić information content (AvgIpc) is 2.19. The van der Waals surface area contributed by atoms with E-state index in [0.717, 1.165) is 11.4 Å². The molecule has 2 heteroatoms. The minimum absolute atomic E-state index is 0.656. The van der Waals surface area contributed by atoms with Crippen LogP contribution in [0.15, 0.2) is 54.3 Å². The van der Waals surface area contributed by atoms with E-state index in [1.807, 2.05) is 25.1 Å². The van der Waals surface area contributed by atoms with Gasteiger partial charge in [-0.1, -0.05) is 19.2 Å². The van der Waals surface area contributed by atoms with Gasteiger partial charge < -0.3 is 0 Å². The number of nitrogens with zero attached hydrogens (tertiary/aromatic N) is 2. The predicted octanol–water partition coefficient (Wildman–Crippen LogP) is 2.59. The summed E-state index contributed by atoms with van der Waals surface area (Å²) in [6.45, 7) is 9.19. The topological polar surface area (TPSA) is 25.2 Å². The normalized spacial score (nSPS) is 11.0. The molecular weight excluding hydrogens is 160 g/mol. The first-order chi connectivity index (χ1) is 6.24. The Morgan fingerprint density at radius 1 is 1.54 bits per heavy atom. The van der Waals surface area contributed by atoms with Gasteiger partial charge in [-0.3, -0.25) is 9.98 Å². The van der Waals surface area contributed by atoms with E-state index < -0.39 is 0 Å². The molecule has 0 radical (unpaired) electrons. The fourth-order valence-electron chi connectivity index (χ4n) is 0.895. The molecule has 0 saturated heterocycles. The molecule has 0 atom stereocenters. The van der Waals surface area contributed by atoms with Crippen molar-refractivity contribution in [2.75, 3.05) is 0 Å². The summed E-state index contributed by atoms with van der Waals surface area (Å²) >= 11 is 0. The molecule has 0 N–H and O–H groups in total. The Kier molecular flexibility index (Phi) is 3.15. The van der Waals surface area contributed by atoms with Gasteiger partial charge in [0.15, 0.2) is 0 Å². The summed E-state index contributed by atoms with van der Waals surface area (Å²) in [6.07, 6.45) is 3.36. The molecule has 0 aliphatic rings. The van der Waals surface area contributed by atoms with E-state index in [0.29, 0.717) is 5.70 Å². The molecule has 0 amide bonds. The van der Waals surface area contributed by atoms with Crippen LogP contribution in [0.2, 0.25) is 0 Å². The molecule has 0 fully saturated rings. The van der Waals surface area contributed by atoms with Gasteiger partial charge in [-0.15, -0.1) is 0 Å². The zero-order valence-electron chi connectivity index (χ0n) is 7.70. The maximum atomic E-state index is 4.21. The molecule has 0 unspecified atom stereocenters. The van der Waals surface area contributed by atoms with Gasteiger partial charge in [0.2, 0.25) is 0 Å². The zero-order valence-corrected chi connectivity index (χ0v) is 7.70. The van der Waals surface area contributed by atoms with Gasteiger partial charge in [-0.05, 0) is 25.1 Å². The van der Waals surface area contributed by atoms with Crippen molar-refractivity contribution < 1.29 is 0 Å². The lowest BCUT2D eigenvalue weighted by Gasteiger charge is -1.98. The number of hydrogen-bond acceptors (Lipinski definition) is 2. The molecule has 1 heterocycles. The third-order valence-electron chi connectivity index (χ3n) is 1.58. The summed E-state index contributed by atoms with van der Waals surface area (Å²) in [5.74, 6) is 0. The van der Waals surface area contributed by atoms with Crippen LogP contribution < -0.4 is 0 Å². The van der Waals surface area contributed by atoms with Crippen LogP contribution in [-0.2, 0) is 0 Å². The van der Waals surface area contributed by atoms with Crippen molar-refractivity contribution in [2.45, 2.75) is 6.92 Å². The summed E-state index contributed by atoms with van der Waals surface area (Å²) in [7, 11) is 0. The number of pyridine rings is 1. The number of aromatic nitrogens is 1. The summed E-state index contributed by atoms with van der Waals surface area (Å²) in [5, 5.41) is 0. The van der Waals surface area contributed by atoms with E-state index in [1.165, 1.54) is 0 Å². The van der Waals surface area contributed by atoms with E-state index in [4.69, 9.17) is 0 Å². The molecule has 1 rings (SSSR count).